The molecular weight excluding hydrogens is 1370 g/mol. The molecule has 0 unspecified atom stereocenters. The topological polar surface area (TPSA) is 65.0 Å². The highest BCUT2D eigenvalue weighted by Gasteiger charge is 2.22. The predicted octanol–water partition coefficient (Wildman–Crippen LogP) is 29.7. The van der Waals surface area contributed by atoms with Gasteiger partial charge in [0.1, 0.15) is 0 Å². The van der Waals surface area contributed by atoms with Crippen LogP contribution in [0.5, 0.6) is 0 Å². The number of nitrogen functional groups attached to an aromatic ring is 2. The summed E-state index contributed by atoms with van der Waals surface area (Å²) >= 11 is 0. The van der Waals surface area contributed by atoms with Gasteiger partial charge < -0.3 is 31.1 Å². The molecule has 0 amide bonds. The molecule has 19 aromatic carbocycles. The van der Waals surface area contributed by atoms with Gasteiger partial charge in [-0.3, -0.25) is 0 Å². The number of aryl methyl sites for hydroxylation is 1. The normalized spacial score (nSPS) is 10.9. The Bertz CT molecular complexity index is 5850. The highest BCUT2D eigenvalue weighted by molar-refractivity contribution is 6.07. The van der Waals surface area contributed by atoms with Crippen molar-refractivity contribution in [2.45, 2.75) is 6.92 Å². The van der Waals surface area contributed by atoms with Crippen molar-refractivity contribution in [2.24, 2.45) is 0 Å². The van der Waals surface area contributed by atoms with Gasteiger partial charge in [0.15, 0.2) is 0 Å². The molecule has 0 heterocycles. The van der Waals surface area contributed by atoms with Crippen molar-refractivity contribution < 1.29 is 0 Å². The maximum atomic E-state index is 6.00. The van der Waals surface area contributed by atoms with E-state index in [1.807, 2.05) is 42.5 Å². The molecule has 6 heteroatoms. The lowest BCUT2D eigenvalue weighted by Crippen LogP contribution is -2.11. The summed E-state index contributed by atoms with van der Waals surface area (Å²) in [5.74, 6) is 0. The highest BCUT2D eigenvalue weighted by atomic mass is 15.2. The fourth-order valence-corrected chi connectivity index (χ4v) is 15.4. The highest BCUT2D eigenvalue weighted by Crippen LogP contribution is 2.47. The molecule has 0 spiro atoms. The second kappa shape index (κ2) is 32.8. The summed E-state index contributed by atoms with van der Waals surface area (Å²) < 4.78 is 0. The molecule has 0 aromatic heterocycles. The van der Waals surface area contributed by atoms with Crippen molar-refractivity contribution in [3.63, 3.8) is 0 Å². The molecular formula is C107H82N6. The van der Waals surface area contributed by atoms with E-state index in [0.29, 0.717) is 0 Å². The van der Waals surface area contributed by atoms with Crippen molar-refractivity contribution in [1.82, 2.24) is 0 Å². The standard InChI is InChI=1S/C52H36N2.C36H28N2.C19H18N2/c1-5-21-45-39(13-1)17-9-25-49(45)53(50-26-10-18-40-14-2-6-22-46(40)50)43-33-29-37(30-34-43)38-31-35-44(36-32-38)54(51-27-11-19-41-15-3-7-23-47(41)51)52-28-12-20-42-16-4-8-24-48(42)52;1-5-13-31(14-6-1)37(32-15-7-2-8-16-32)35-25-21-29(22-26-35)30-23-27-36(28-24-30)38(33-17-9-3-10-18-33)34-19-11-4-12-20-34;1-13-4-2-3-5-17(13)19-12-16(21)10-11-18(19)14-6-8-15(20)9-7-14/h1-36H;1-28H;2-12H,20-21H2,1H3. The number of para-hydroxylation sites is 4. The summed E-state index contributed by atoms with van der Waals surface area (Å²) in [6.45, 7) is 2.12. The Balaban J connectivity index is 0.000000136. The number of benzene rings is 19. The van der Waals surface area contributed by atoms with E-state index < -0.39 is 0 Å². The summed E-state index contributed by atoms with van der Waals surface area (Å²) in [5, 5.41) is 9.75. The summed E-state index contributed by atoms with van der Waals surface area (Å²) in [7, 11) is 0. The zero-order valence-corrected chi connectivity index (χ0v) is 62.7. The molecule has 0 bridgehead atoms. The smallest absolute Gasteiger partial charge is 0.0540 e. The average molecular weight is 1450 g/mol. The summed E-state index contributed by atoms with van der Waals surface area (Å²) in [5.41, 5.74) is 37.6. The maximum Gasteiger partial charge on any atom is 0.0540 e. The Labute approximate surface area is 661 Å². The van der Waals surface area contributed by atoms with Gasteiger partial charge in [0.05, 0.1) is 22.7 Å². The van der Waals surface area contributed by atoms with Gasteiger partial charge >= 0.3 is 0 Å². The van der Waals surface area contributed by atoms with E-state index in [1.54, 1.807) is 0 Å². The molecule has 0 saturated heterocycles. The summed E-state index contributed by atoms with van der Waals surface area (Å²) in [6, 6.07) is 161. The van der Waals surface area contributed by atoms with Crippen LogP contribution in [0.15, 0.2) is 455 Å². The molecule has 0 radical (unpaired) electrons. The molecule has 0 aliphatic heterocycles. The number of hydrogen-bond donors (Lipinski definition) is 2. The summed E-state index contributed by atoms with van der Waals surface area (Å²) in [4.78, 5) is 9.38. The molecule has 0 atom stereocenters. The van der Waals surface area contributed by atoms with E-state index >= 15 is 0 Å². The monoisotopic (exact) mass is 1450 g/mol. The third-order valence-corrected chi connectivity index (χ3v) is 21.0. The number of nitrogens with zero attached hydrogens (tertiary/aromatic N) is 4. The summed E-state index contributed by atoms with van der Waals surface area (Å²) in [6.07, 6.45) is 0. The minimum atomic E-state index is 0.770. The van der Waals surface area contributed by atoms with E-state index in [9.17, 15) is 0 Å². The second-order valence-corrected chi connectivity index (χ2v) is 28.1. The molecule has 0 aliphatic carbocycles. The van der Waals surface area contributed by atoms with Gasteiger partial charge in [-0.2, -0.15) is 0 Å². The van der Waals surface area contributed by atoms with E-state index in [-0.39, 0.29) is 0 Å². The van der Waals surface area contributed by atoms with Crippen LogP contribution in [0, 0.1) is 6.92 Å². The van der Waals surface area contributed by atoms with Gasteiger partial charge in [0.25, 0.3) is 0 Å². The van der Waals surface area contributed by atoms with Crippen LogP contribution in [0.3, 0.4) is 0 Å². The lowest BCUT2D eigenvalue weighted by atomic mass is 9.92. The van der Waals surface area contributed by atoms with E-state index in [2.05, 4.69) is 439 Å². The lowest BCUT2D eigenvalue weighted by Gasteiger charge is -2.28. The van der Waals surface area contributed by atoms with Crippen LogP contribution in [0.1, 0.15) is 5.56 Å². The number of rotatable bonds is 16. The maximum absolute atomic E-state index is 6.00. The zero-order valence-electron chi connectivity index (χ0n) is 62.7. The van der Waals surface area contributed by atoms with Crippen LogP contribution in [-0.4, -0.2) is 0 Å². The Morgan fingerprint density at radius 2 is 0.416 bits per heavy atom. The van der Waals surface area contributed by atoms with Crippen molar-refractivity contribution in [2.75, 3.05) is 31.1 Å². The largest absolute Gasteiger partial charge is 0.399 e. The lowest BCUT2D eigenvalue weighted by molar-refractivity contribution is 1.28. The number of hydrogen-bond acceptors (Lipinski definition) is 6. The van der Waals surface area contributed by atoms with Crippen LogP contribution >= 0.6 is 0 Å². The first-order valence-corrected chi connectivity index (χ1v) is 38.4. The molecule has 0 saturated carbocycles. The van der Waals surface area contributed by atoms with Crippen molar-refractivity contribution in [3.8, 4) is 44.5 Å². The van der Waals surface area contributed by atoms with Crippen LogP contribution in [0.2, 0.25) is 0 Å². The van der Waals surface area contributed by atoms with Gasteiger partial charge in [0, 0.05) is 78.4 Å². The Hall–Kier alpha value is -15.0. The predicted molar refractivity (Wildman–Crippen MR) is 483 cm³/mol. The molecule has 19 rings (SSSR count). The zero-order chi connectivity index (χ0) is 76.2. The number of nitrogens with two attached hydrogens (primary N) is 2. The number of fused-ring (bicyclic) bond motifs is 4. The first-order valence-electron chi connectivity index (χ1n) is 38.4. The third-order valence-electron chi connectivity index (χ3n) is 21.0. The average Bonchev–Trinajstić information content (AvgIpc) is 0.773. The third kappa shape index (κ3) is 15.3. The van der Waals surface area contributed by atoms with Gasteiger partial charge in [-0.25, -0.2) is 0 Å². The molecule has 113 heavy (non-hydrogen) atoms. The van der Waals surface area contributed by atoms with Crippen molar-refractivity contribution in [3.05, 3.63) is 461 Å². The van der Waals surface area contributed by atoms with Gasteiger partial charge in [0.2, 0.25) is 0 Å². The van der Waals surface area contributed by atoms with Gasteiger partial charge in [-0.15, -0.1) is 0 Å². The van der Waals surface area contributed by atoms with Crippen LogP contribution in [0.25, 0.3) is 87.6 Å². The second-order valence-electron chi connectivity index (χ2n) is 28.1. The van der Waals surface area contributed by atoms with Crippen molar-refractivity contribution >= 4 is 123 Å². The molecule has 6 nitrogen and oxygen atoms in total. The fourth-order valence-electron chi connectivity index (χ4n) is 15.4. The van der Waals surface area contributed by atoms with Crippen LogP contribution in [0.4, 0.5) is 79.6 Å². The Morgan fingerprint density at radius 1 is 0.168 bits per heavy atom. The van der Waals surface area contributed by atoms with Crippen LogP contribution < -0.4 is 31.1 Å². The van der Waals surface area contributed by atoms with Gasteiger partial charge in [-0.05, 0) is 224 Å². The molecule has 540 valence electrons. The first-order chi connectivity index (χ1) is 55.8. The molecule has 4 N–H and O–H groups in total. The Morgan fingerprint density at radius 3 is 0.735 bits per heavy atom. The Kier molecular flexibility index (Phi) is 20.6. The van der Waals surface area contributed by atoms with Crippen molar-refractivity contribution in [1.29, 1.82) is 0 Å². The fraction of sp³-hybridized carbons (Fsp3) is 0.00935. The van der Waals surface area contributed by atoms with E-state index in [1.165, 1.54) is 82.0 Å². The molecule has 0 aliphatic rings. The number of anilines is 14. The minimum Gasteiger partial charge on any atom is -0.399 e. The van der Waals surface area contributed by atoms with E-state index in [4.69, 9.17) is 11.5 Å². The first kappa shape index (κ1) is 71.0. The van der Waals surface area contributed by atoms with Gasteiger partial charge in [-0.1, -0.05) is 309 Å². The molecule has 19 aromatic rings. The quantitative estimate of drug-likeness (QED) is 0.0940. The SMILES string of the molecule is Cc1ccccc1-c1cc(N)ccc1-c1ccc(N)cc1.c1ccc(N(c2ccccc2)c2ccc(-c3ccc(N(c4ccccc4)c4ccccc4)cc3)cc2)cc1.c1ccc2c(N(c3ccc(-c4ccc(N(c5cccc6ccccc56)c5cccc6ccccc56)cc4)cc3)c3cccc4ccccc34)cccc2c1. The van der Waals surface area contributed by atoms with E-state index in [0.717, 1.165) is 90.8 Å². The molecule has 0 fully saturated rings. The van der Waals surface area contributed by atoms with Crippen LogP contribution in [-0.2, 0) is 0 Å². The minimum absolute atomic E-state index is 0.770.